The molecule has 0 unspecified atom stereocenters. The maximum absolute atomic E-state index is 2.81. The van der Waals surface area contributed by atoms with E-state index < -0.39 is 0 Å². The van der Waals surface area contributed by atoms with Crippen LogP contribution in [0.2, 0.25) is 0 Å². The van der Waals surface area contributed by atoms with Crippen LogP contribution in [0.3, 0.4) is 0 Å². The molecule has 0 aliphatic rings. The van der Waals surface area contributed by atoms with Gasteiger partial charge in [-0.2, -0.15) is 0 Å². The van der Waals surface area contributed by atoms with Gasteiger partial charge in [0.25, 0.3) is 0 Å². The lowest BCUT2D eigenvalue weighted by Gasteiger charge is -2.23. The fourth-order valence-corrected chi connectivity index (χ4v) is 5.06. The Hall–Kier alpha value is -0.0400. The molecule has 0 amide bonds. The molecule has 0 N–H and O–H groups in total. The summed E-state index contributed by atoms with van der Waals surface area (Å²) in [5.41, 5.74) is 0. The molecule has 0 saturated heterocycles. The molecule has 33 heavy (non-hydrogen) atoms. The monoisotopic (exact) mass is 466 g/mol. The third-order valence-electron chi connectivity index (χ3n) is 7.41. The lowest BCUT2D eigenvalue weighted by Crippen LogP contribution is -2.27. The molecule has 200 valence electrons. The van der Waals surface area contributed by atoms with Crippen molar-refractivity contribution in [3.63, 3.8) is 0 Å². The quantitative estimate of drug-likeness (QED) is 0.104. The zero-order chi connectivity index (χ0) is 24.2. The second-order valence-corrected chi connectivity index (χ2v) is 11.4. The van der Waals surface area contributed by atoms with Gasteiger partial charge in [-0.15, -0.1) is 0 Å². The highest BCUT2D eigenvalue weighted by Gasteiger charge is 2.06. The summed E-state index contributed by atoms with van der Waals surface area (Å²) in [6.07, 6.45) is 34.8. The lowest BCUT2D eigenvalue weighted by molar-refractivity contribution is 0.251. The van der Waals surface area contributed by atoms with Crippen LogP contribution in [0.25, 0.3) is 0 Å². The maximum Gasteiger partial charge on any atom is -0.00186 e. The van der Waals surface area contributed by atoms with Crippen molar-refractivity contribution in [2.45, 2.75) is 182 Å². The Morgan fingerprint density at radius 3 is 0.939 bits per heavy atom. The van der Waals surface area contributed by atoms with Gasteiger partial charge in [-0.1, -0.05) is 156 Å². The van der Waals surface area contributed by atoms with E-state index in [0.717, 1.165) is 5.92 Å². The van der Waals surface area contributed by atoms with Gasteiger partial charge in [0.2, 0.25) is 0 Å². The molecular formula is C32H67N. The molecular weight excluding hydrogens is 398 g/mol. The normalized spacial score (nSPS) is 11.8. The Balaban J connectivity index is 3.69. The number of hydrogen-bond donors (Lipinski definition) is 0. The minimum Gasteiger partial charge on any atom is -0.303 e. The minimum absolute atomic E-state index is 0.857. The van der Waals surface area contributed by atoms with Crippen LogP contribution in [0.1, 0.15) is 182 Å². The van der Waals surface area contributed by atoms with Crippen molar-refractivity contribution < 1.29 is 0 Å². The first-order chi connectivity index (χ1) is 16.2. The van der Waals surface area contributed by atoms with Gasteiger partial charge >= 0.3 is 0 Å². The van der Waals surface area contributed by atoms with Crippen LogP contribution in [-0.4, -0.2) is 24.5 Å². The van der Waals surface area contributed by atoms with Crippen molar-refractivity contribution in [3.8, 4) is 0 Å². The molecule has 0 fully saturated rings. The molecule has 0 atom stereocenters. The molecule has 0 saturated carbocycles. The average molecular weight is 466 g/mol. The summed E-state index contributed by atoms with van der Waals surface area (Å²) >= 11 is 0. The lowest BCUT2D eigenvalue weighted by atomic mass is 10.0. The number of rotatable bonds is 28. The molecule has 0 aromatic heterocycles. The van der Waals surface area contributed by atoms with E-state index in [1.54, 1.807) is 0 Å². The summed E-state index contributed by atoms with van der Waals surface area (Å²) in [6, 6.07) is 0. The summed E-state index contributed by atoms with van der Waals surface area (Å²) in [5, 5.41) is 0. The van der Waals surface area contributed by atoms with Gasteiger partial charge < -0.3 is 4.90 Å². The van der Waals surface area contributed by atoms with E-state index in [4.69, 9.17) is 0 Å². The molecule has 0 bridgehead atoms. The first kappa shape index (κ1) is 33.0. The van der Waals surface area contributed by atoms with Crippen LogP contribution >= 0.6 is 0 Å². The molecule has 0 heterocycles. The Morgan fingerprint density at radius 1 is 0.364 bits per heavy atom. The van der Waals surface area contributed by atoms with E-state index in [-0.39, 0.29) is 0 Å². The molecule has 0 aliphatic carbocycles. The van der Waals surface area contributed by atoms with Gasteiger partial charge in [0.05, 0.1) is 0 Å². The predicted octanol–water partition coefficient (Wildman–Crippen LogP) is 11.3. The Morgan fingerprint density at radius 2 is 0.636 bits per heavy atom. The SMILES string of the molecule is CCCCCCCCCCCCCN(CCCCCCCCCCCCC)CCCC(C)C. The zero-order valence-corrected chi connectivity index (χ0v) is 24.1. The van der Waals surface area contributed by atoms with E-state index >= 15 is 0 Å². The first-order valence-corrected chi connectivity index (χ1v) is 15.9. The van der Waals surface area contributed by atoms with Crippen LogP contribution in [0.15, 0.2) is 0 Å². The maximum atomic E-state index is 2.81. The van der Waals surface area contributed by atoms with E-state index in [1.807, 2.05) is 0 Å². The van der Waals surface area contributed by atoms with Gasteiger partial charge in [0.1, 0.15) is 0 Å². The smallest absolute Gasteiger partial charge is 0.00186 e. The van der Waals surface area contributed by atoms with Crippen LogP contribution in [-0.2, 0) is 0 Å². The van der Waals surface area contributed by atoms with Crippen molar-refractivity contribution in [2.24, 2.45) is 5.92 Å². The summed E-state index contributed by atoms with van der Waals surface area (Å²) in [4.78, 5) is 2.81. The van der Waals surface area contributed by atoms with Gasteiger partial charge in [-0.05, 0) is 51.2 Å². The molecule has 1 heteroatoms. The summed E-state index contributed by atoms with van der Waals surface area (Å²) < 4.78 is 0. The third-order valence-corrected chi connectivity index (χ3v) is 7.41. The van der Waals surface area contributed by atoms with Gasteiger partial charge in [0, 0.05) is 0 Å². The molecule has 0 rings (SSSR count). The van der Waals surface area contributed by atoms with E-state index in [0.29, 0.717) is 0 Å². The van der Waals surface area contributed by atoms with E-state index in [9.17, 15) is 0 Å². The Bertz CT molecular complexity index is 311. The first-order valence-electron chi connectivity index (χ1n) is 15.9. The van der Waals surface area contributed by atoms with Crippen LogP contribution in [0.4, 0.5) is 0 Å². The molecule has 0 radical (unpaired) electrons. The van der Waals surface area contributed by atoms with E-state index in [2.05, 4.69) is 32.6 Å². The van der Waals surface area contributed by atoms with Crippen LogP contribution < -0.4 is 0 Å². The van der Waals surface area contributed by atoms with Crippen molar-refractivity contribution in [1.29, 1.82) is 0 Å². The number of hydrogen-bond acceptors (Lipinski definition) is 1. The summed E-state index contributed by atoms with van der Waals surface area (Å²) in [6.45, 7) is 13.4. The van der Waals surface area contributed by atoms with Crippen LogP contribution in [0, 0.1) is 5.92 Å². The molecule has 0 aromatic rings. The number of unbranched alkanes of at least 4 members (excludes halogenated alkanes) is 20. The second-order valence-electron chi connectivity index (χ2n) is 11.4. The molecule has 1 nitrogen and oxygen atoms in total. The standard InChI is InChI=1S/C32H67N/c1-5-7-9-11-13-15-17-19-21-23-25-29-33(31-27-28-32(3)4)30-26-24-22-20-18-16-14-12-10-8-6-2/h32H,5-31H2,1-4H3. The third kappa shape index (κ3) is 28.1. The topological polar surface area (TPSA) is 3.24 Å². The van der Waals surface area contributed by atoms with Crippen molar-refractivity contribution in [2.75, 3.05) is 19.6 Å². The number of nitrogens with zero attached hydrogens (tertiary/aromatic N) is 1. The fraction of sp³-hybridized carbons (Fsp3) is 1.00. The largest absolute Gasteiger partial charge is 0.303 e. The zero-order valence-electron chi connectivity index (χ0n) is 24.1. The fourth-order valence-electron chi connectivity index (χ4n) is 5.06. The van der Waals surface area contributed by atoms with Gasteiger partial charge in [0.15, 0.2) is 0 Å². The summed E-state index contributed by atoms with van der Waals surface area (Å²) in [7, 11) is 0. The molecule has 0 spiro atoms. The Labute approximate surface area is 212 Å². The van der Waals surface area contributed by atoms with Crippen molar-refractivity contribution in [3.05, 3.63) is 0 Å². The Kier molecular flexibility index (Phi) is 28.2. The minimum atomic E-state index is 0.857. The molecule has 0 aliphatic heterocycles. The van der Waals surface area contributed by atoms with Crippen LogP contribution in [0.5, 0.6) is 0 Å². The average Bonchev–Trinajstić information content (AvgIpc) is 2.80. The van der Waals surface area contributed by atoms with Gasteiger partial charge in [-0.3, -0.25) is 0 Å². The summed E-state index contributed by atoms with van der Waals surface area (Å²) in [5.74, 6) is 0.857. The molecule has 0 aromatic carbocycles. The van der Waals surface area contributed by atoms with Crippen molar-refractivity contribution in [1.82, 2.24) is 4.90 Å². The second kappa shape index (κ2) is 28.2. The predicted molar refractivity (Wildman–Crippen MR) is 153 cm³/mol. The van der Waals surface area contributed by atoms with Crippen molar-refractivity contribution >= 4 is 0 Å². The highest BCUT2D eigenvalue weighted by molar-refractivity contribution is 4.61. The van der Waals surface area contributed by atoms with Gasteiger partial charge in [-0.25, -0.2) is 0 Å². The highest BCUT2D eigenvalue weighted by atomic mass is 15.1. The van der Waals surface area contributed by atoms with E-state index in [1.165, 1.54) is 174 Å². The highest BCUT2D eigenvalue weighted by Crippen LogP contribution is 2.14.